The Kier molecular flexibility index (Phi) is 4.83. The van der Waals surface area contributed by atoms with Crippen LogP contribution in [0.1, 0.15) is 0 Å². The van der Waals surface area contributed by atoms with Crippen molar-refractivity contribution in [3.63, 3.8) is 0 Å². The molecule has 1 aromatic carbocycles. The van der Waals surface area contributed by atoms with Crippen molar-refractivity contribution in [2.75, 3.05) is 14.2 Å². The van der Waals surface area contributed by atoms with Crippen molar-refractivity contribution in [1.29, 1.82) is 0 Å². The molecule has 90 valence electrons. The summed E-state index contributed by atoms with van der Waals surface area (Å²) in [6, 6.07) is 4.76. The zero-order valence-corrected chi connectivity index (χ0v) is 10.8. The van der Waals surface area contributed by atoms with Crippen LogP contribution in [0.5, 0.6) is 17.2 Å². The Labute approximate surface area is 107 Å². The molecule has 0 N–H and O–H groups in total. The molecular weight excluding hydrogens is 278 g/mol. The highest BCUT2D eigenvalue weighted by molar-refractivity contribution is 7.98. The molecule has 16 heavy (non-hydrogen) atoms. The van der Waals surface area contributed by atoms with Crippen LogP contribution in [-0.2, 0) is 0 Å². The maximum Gasteiger partial charge on any atom is 0.340 e. The summed E-state index contributed by atoms with van der Waals surface area (Å²) in [6.07, 6.45) is 0. The molecule has 0 unspecified atom stereocenters. The van der Waals surface area contributed by atoms with Crippen LogP contribution in [0.25, 0.3) is 0 Å². The summed E-state index contributed by atoms with van der Waals surface area (Å²) in [5, 5.41) is 0. The lowest BCUT2D eigenvalue weighted by Gasteiger charge is -2.11. The van der Waals surface area contributed by atoms with Gasteiger partial charge in [-0.05, 0) is 0 Å². The summed E-state index contributed by atoms with van der Waals surface area (Å²) < 4.78 is 25.2. The smallest absolute Gasteiger partial charge is 0.340 e. The van der Waals surface area contributed by atoms with Crippen LogP contribution in [0.2, 0.25) is 0 Å². The highest BCUT2D eigenvalue weighted by Crippen LogP contribution is 2.39. The minimum Gasteiger partial charge on any atom is -0.496 e. The number of hydrogen-bond acceptors (Lipinski definition) is 4. The fourth-order valence-corrected chi connectivity index (χ4v) is 1.40. The molecule has 1 aromatic rings. The van der Waals surface area contributed by atoms with Crippen LogP contribution in [0.3, 0.4) is 0 Å². The molecule has 0 saturated carbocycles. The van der Waals surface area contributed by atoms with Crippen molar-refractivity contribution in [3.8, 4) is 17.2 Å². The first-order valence-electron chi connectivity index (χ1n) is 4.10. The van der Waals surface area contributed by atoms with Crippen molar-refractivity contribution < 1.29 is 18.0 Å². The van der Waals surface area contributed by atoms with Gasteiger partial charge >= 0.3 is 3.92 Å². The van der Waals surface area contributed by atoms with E-state index in [-0.39, 0.29) is 12.0 Å². The minimum atomic E-state index is -2.50. The molecule has 1 rings (SSSR count). The first-order chi connectivity index (χ1) is 7.44. The number of hydrogen-bond donors (Lipinski definition) is 0. The molecule has 0 atom stereocenters. The van der Waals surface area contributed by atoms with Crippen LogP contribution >= 0.6 is 35.2 Å². The lowest BCUT2D eigenvalue weighted by molar-refractivity contribution is 0.391. The SMILES string of the molecule is COc1cc(OC)cc(OSC(F)(Cl)Cl)c1. The maximum absolute atomic E-state index is 12.7. The zero-order chi connectivity index (χ0) is 12.2. The van der Waals surface area contributed by atoms with Gasteiger partial charge in [-0.15, -0.1) is 0 Å². The first-order valence-corrected chi connectivity index (χ1v) is 5.60. The van der Waals surface area contributed by atoms with Crippen molar-refractivity contribution in [2.24, 2.45) is 0 Å². The third-order valence-corrected chi connectivity index (χ3v) is 2.40. The second-order valence-electron chi connectivity index (χ2n) is 2.66. The van der Waals surface area contributed by atoms with Gasteiger partial charge in [0.1, 0.15) is 29.3 Å². The third-order valence-electron chi connectivity index (χ3n) is 1.56. The summed E-state index contributed by atoms with van der Waals surface area (Å²) in [5.74, 6) is 1.36. The van der Waals surface area contributed by atoms with Gasteiger partial charge < -0.3 is 13.7 Å². The molecule has 0 aromatic heterocycles. The predicted octanol–water partition coefficient (Wildman–Crippen LogP) is 3.79. The van der Waals surface area contributed by atoms with Crippen molar-refractivity contribution in [3.05, 3.63) is 18.2 Å². The molecule has 0 heterocycles. The molecule has 0 fully saturated rings. The van der Waals surface area contributed by atoms with Gasteiger partial charge in [0.2, 0.25) is 0 Å². The van der Waals surface area contributed by atoms with Gasteiger partial charge in [0.05, 0.1) is 14.2 Å². The van der Waals surface area contributed by atoms with Gasteiger partial charge in [-0.25, -0.2) is 0 Å². The monoisotopic (exact) mass is 286 g/mol. The summed E-state index contributed by atoms with van der Waals surface area (Å²) >= 11 is 10.5. The summed E-state index contributed by atoms with van der Waals surface area (Å²) in [5.41, 5.74) is 0. The molecule has 0 aliphatic heterocycles. The van der Waals surface area contributed by atoms with E-state index >= 15 is 0 Å². The van der Waals surface area contributed by atoms with Gasteiger partial charge in [-0.2, -0.15) is 4.39 Å². The number of methoxy groups -OCH3 is 2. The Balaban J connectivity index is 2.79. The normalized spacial score (nSPS) is 11.1. The Bertz CT molecular complexity index is 335. The number of rotatable bonds is 5. The minimum absolute atomic E-state index is 0.278. The maximum atomic E-state index is 12.7. The van der Waals surface area contributed by atoms with E-state index in [9.17, 15) is 4.39 Å². The van der Waals surface area contributed by atoms with E-state index in [1.807, 2.05) is 0 Å². The second-order valence-corrected chi connectivity index (χ2v) is 5.24. The highest BCUT2D eigenvalue weighted by Gasteiger charge is 2.25. The van der Waals surface area contributed by atoms with E-state index in [0.717, 1.165) is 0 Å². The van der Waals surface area contributed by atoms with E-state index in [4.69, 9.17) is 36.9 Å². The number of ether oxygens (including phenoxy) is 2. The van der Waals surface area contributed by atoms with Crippen molar-refractivity contribution >= 4 is 35.2 Å². The Hall–Kier alpha value is -0.520. The molecule has 0 saturated heterocycles. The Morgan fingerprint density at radius 1 is 1.06 bits per heavy atom. The molecule has 3 nitrogen and oxygen atoms in total. The van der Waals surface area contributed by atoms with Gasteiger partial charge in [0.15, 0.2) is 0 Å². The topological polar surface area (TPSA) is 27.7 Å². The van der Waals surface area contributed by atoms with Crippen LogP contribution in [0, 0.1) is 0 Å². The van der Waals surface area contributed by atoms with E-state index < -0.39 is 3.92 Å². The lowest BCUT2D eigenvalue weighted by atomic mass is 10.3. The fourth-order valence-electron chi connectivity index (χ4n) is 0.925. The van der Waals surface area contributed by atoms with Crippen molar-refractivity contribution in [2.45, 2.75) is 3.92 Å². The second kappa shape index (κ2) is 5.70. The lowest BCUT2D eigenvalue weighted by Crippen LogP contribution is -1.99. The predicted molar refractivity (Wildman–Crippen MR) is 63.3 cm³/mol. The van der Waals surface area contributed by atoms with Crippen LogP contribution in [-0.4, -0.2) is 18.1 Å². The van der Waals surface area contributed by atoms with Gasteiger partial charge in [0, 0.05) is 18.2 Å². The fraction of sp³-hybridized carbons (Fsp3) is 0.333. The molecule has 0 aliphatic rings. The van der Waals surface area contributed by atoms with E-state index in [1.165, 1.54) is 14.2 Å². The van der Waals surface area contributed by atoms with Gasteiger partial charge in [0.25, 0.3) is 0 Å². The van der Waals surface area contributed by atoms with Crippen LogP contribution in [0.4, 0.5) is 4.39 Å². The highest BCUT2D eigenvalue weighted by atomic mass is 35.5. The summed E-state index contributed by atoms with van der Waals surface area (Å²) in [7, 11) is 2.99. The summed E-state index contributed by atoms with van der Waals surface area (Å²) in [6.45, 7) is 0. The Morgan fingerprint density at radius 3 is 1.88 bits per heavy atom. The molecule has 0 bridgehead atoms. The van der Waals surface area contributed by atoms with E-state index in [2.05, 4.69) is 0 Å². The molecule has 0 aliphatic carbocycles. The number of halogens is 3. The van der Waals surface area contributed by atoms with Gasteiger partial charge in [-0.3, -0.25) is 0 Å². The molecule has 0 spiro atoms. The standard InChI is InChI=1S/C9H9Cl2FO3S/c1-13-6-3-7(14-2)5-8(4-6)15-16-9(10,11)12/h3-5H,1-2H3. The van der Waals surface area contributed by atoms with Crippen molar-refractivity contribution in [1.82, 2.24) is 0 Å². The van der Waals surface area contributed by atoms with E-state index in [1.54, 1.807) is 18.2 Å². The van der Waals surface area contributed by atoms with Gasteiger partial charge in [-0.1, -0.05) is 23.2 Å². The largest absolute Gasteiger partial charge is 0.496 e. The number of alkyl halides is 3. The molecular formula is C9H9Cl2FO3S. The van der Waals surface area contributed by atoms with Crippen LogP contribution in [0.15, 0.2) is 18.2 Å². The average Bonchev–Trinajstić information content (AvgIpc) is 2.25. The molecule has 7 heteroatoms. The van der Waals surface area contributed by atoms with Crippen LogP contribution < -0.4 is 13.7 Å². The average molecular weight is 287 g/mol. The quantitative estimate of drug-likeness (QED) is 0.608. The third kappa shape index (κ3) is 4.55. The summed E-state index contributed by atoms with van der Waals surface area (Å²) in [4.78, 5) is 0. The van der Waals surface area contributed by atoms with E-state index in [0.29, 0.717) is 17.2 Å². The molecule has 0 amide bonds. The Morgan fingerprint density at radius 2 is 1.50 bits per heavy atom. The number of benzene rings is 1. The molecule has 0 radical (unpaired) electrons. The first kappa shape index (κ1) is 13.5. The zero-order valence-electron chi connectivity index (χ0n) is 8.50.